The summed E-state index contributed by atoms with van der Waals surface area (Å²) in [5, 5.41) is 13.1. The fraction of sp³-hybridized carbons (Fsp3) is 0.500. The SMILES string of the molecule is CC(C)(C)NC(=O)C1CCC(n2cc(CNc3cccc4c3C(=O)N(C3CCC(=O)NC3=O)C4=O)cn2)CC1. The summed E-state index contributed by atoms with van der Waals surface area (Å²) in [7, 11) is 0. The summed E-state index contributed by atoms with van der Waals surface area (Å²) in [5.74, 6) is -1.98. The van der Waals surface area contributed by atoms with Gasteiger partial charge in [0.05, 0.1) is 23.4 Å². The fourth-order valence-corrected chi connectivity index (χ4v) is 5.60. The molecule has 3 aliphatic rings. The molecule has 0 radical (unpaired) electrons. The first-order chi connectivity index (χ1) is 18.5. The largest absolute Gasteiger partial charge is 0.380 e. The molecule has 3 heterocycles. The van der Waals surface area contributed by atoms with Gasteiger partial charge in [-0.05, 0) is 65.0 Å². The first-order valence-corrected chi connectivity index (χ1v) is 13.5. The summed E-state index contributed by atoms with van der Waals surface area (Å²) in [6.07, 6.45) is 7.31. The molecular weight excluding hydrogens is 500 g/mol. The molecule has 1 aromatic heterocycles. The van der Waals surface area contributed by atoms with Gasteiger partial charge in [0.25, 0.3) is 11.8 Å². The van der Waals surface area contributed by atoms with Gasteiger partial charge in [0.2, 0.25) is 17.7 Å². The first-order valence-electron chi connectivity index (χ1n) is 13.5. The number of anilines is 1. The van der Waals surface area contributed by atoms with Gasteiger partial charge in [-0.1, -0.05) is 6.07 Å². The predicted octanol–water partition coefficient (Wildman–Crippen LogP) is 2.54. The lowest BCUT2D eigenvalue weighted by Crippen LogP contribution is -2.54. The summed E-state index contributed by atoms with van der Waals surface area (Å²) in [4.78, 5) is 63.7. The van der Waals surface area contributed by atoms with Crippen molar-refractivity contribution in [2.75, 3.05) is 5.32 Å². The number of nitrogens with one attached hydrogen (secondary N) is 3. The number of nitrogens with zero attached hydrogens (tertiary/aromatic N) is 3. The molecule has 0 spiro atoms. The normalized spacial score (nSPS) is 23.5. The minimum Gasteiger partial charge on any atom is -0.380 e. The molecule has 1 saturated heterocycles. The van der Waals surface area contributed by atoms with Crippen LogP contribution in [0.25, 0.3) is 0 Å². The number of fused-ring (bicyclic) bond motifs is 1. The van der Waals surface area contributed by atoms with Crippen LogP contribution in [-0.2, 0) is 20.9 Å². The van der Waals surface area contributed by atoms with Gasteiger partial charge < -0.3 is 10.6 Å². The summed E-state index contributed by atoms with van der Waals surface area (Å²) in [6, 6.07) is 4.21. The highest BCUT2D eigenvalue weighted by atomic mass is 16.2. The molecule has 1 atom stereocenters. The molecule has 1 aliphatic carbocycles. The van der Waals surface area contributed by atoms with E-state index in [0.29, 0.717) is 12.2 Å². The van der Waals surface area contributed by atoms with Crippen molar-refractivity contribution >= 4 is 35.2 Å². The number of hydrogen-bond acceptors (Lipinski definition) is 7. The lowest BCUT2D eigenvalue weighted by atomic mass is 9.85. The highest BCUT2D eigenvalue weighted by molar-refractivity contribution is 6.25. The molecule has 1 saturated carbocycles. The molecular formula is C28H34N6O5. The molecule has 5 rings (SSSR count). The second kappa shape index (κ2) is 10.3. The standard InChI is InChI=1S/C28H34N6O5/c1-28(2,3)32-24(36)17-7-9-18(10-8-17)33-15-16(14-30-33)13-29-20-6-4-5-19-23(20)27(39)34(26(19)38)21-11-12-22(35)31-25(21)37/h4-6,14-15,17-18,21,29H,7-13H2,1-3H3,(H,32,36)(H,31,35,37). The van der Waals surface area contributed by atoms with E-state index < -0.39 is 29.7 Å². The minimum absolute atomic E-state index is 0.0253. The molecule has 11 nitrogen and oxygen atoms in total. The molecule has 1 unspecified atom stereocenters. The summed E-state index contributed by atoms with van der Waals surface area (Å²) >= 11 is 0. The molecule has 2 fully saturated rings. The average Bonchev–Trinajstić information content (AvgIpc) is 3.45. The Kier molecular flexibility index (Phi) is 7.00. The van der Waals surface area contributed by atoms with E-state index in [9.17, 15) is 24.0 Å². The monoisotopic (exact) mass is 534 g/mol. The van der Waals surface area contributed by atoms with Gasteiger partial charge in [0.1, 0.15) is 6.04 Å². The van der Waals surface area contributed by atoms with Crippen LogP contribution in [0.3, 0.4) is 0 Å². The Hall–Kier alpha value is -4.02. The van der Waals surface area contributed by atoms with Gasteiger partial charge in [-0.2, -0.15) is 5.10 Å². The Morgan fingerprint density at radius 1 is 1.05 bits per heavy atom. The topological polar surface area (TPSA) is 142 Å². The van der Waals surface area contributed by atoms with E-state index in [1.807, 2.05) is 31.6 Å². The number of carbonyl (C=O) groups excluding carboxylic acids is 5. The van der Waals surface area contributed by atoms with Crippen LogP contribution in [0.1, 0.15) is 91.6 Å². The molecule has 1 aromatic carbocycles. The second-order valence-electron chi connectivity index (χ2n) is 11.6. The molecule has 3 N–H and O–H groups in total. The predicted molar refractivity (Wildman–Crippen MR) is 142 cm³/mol. The van der Waals surface area contributed by atoms with Gasteiger partial charge >= 0.3 is 0 Å². The number of aromatic nitrogens is 2. The average molecular weight is 535 g/mol. The molecule has 206 valence electrons. The maximum atomic E-state index is 13.3. The summed E-state index contributed by atoms with van der Waals surface area (Å²) < 4.78 is 1.95. The number of hydrogen-bond donors (Lipinski definition) is 3. The minimum atomic E-state index is -1.00. The van der Waals surface area contributed by atoms with Crippen molar-refractivity contribution in [3.63, 3.8) is 0 Å². The van der Waals surface area contributed by atoms with Crippen molar-refractivity contribution in [2.45, 2.75) is 83.5 Å². The smallest absolute Gasteiger partial charge is 0.264 e. The van der Waals surface area contributed by atoms with Crippen LogP contribution in [0, 0.1) is 5.92 Å². The van der Waals surface area contributed by atoms with Crippen LogP contribution >= 0.6 is 0 Å². The van der Waals surface area contributed by atoms with Gasteiger partial charge in [-0.25, -0.2) is 0 Å². The van der Waals surface area contributed by atoms with Gasteiger partial charge in [0.15, 0.2) is 0 Å². The third-order valence-electron chi connectivity index (χ3n) is 7.55. The third kappa shape index (κ3) is 5.43. The molecule has 39 heavy (non-hydrogen) atoms. The van der Waals surface area contributed by atoms with Crippen LogP contribution in [0.4, 0.5) is 5.69 Å². The van der Waals surface area contributed by atoms with E-state index in [1.165, 1.54) is 0 Å². The van der Waals surface area contributed by atoms with E-state index in [1.54, 1.807) is 24.4 Å². The van der Waals surface area contributed by atoms with E-state index >= 15 is 0 Å². The molecule has 11 heteroatoms. The Balaban J connectivity index is 1.21. The molecule has 5 amide bonds. The van der Waals surface area contributed by atoms with Crippen molar-refractivity contribution in [1.82, 2.24) is 25.3 Å². The molecule has 2 aromatic rings. The van der Waals surface area contributed by atoms with E-state index in [-0.39, 0.29) is 47.4 Å². The number of amides is 5. The Labute approximate surface area is 226 Å². The number of imide groups is 2. The Bertz CT molecular complexity index is 1330. The number of carbonyl (C=O) groups is 5. The van der Waals surface area contributed by atoms with Crippen molar-refractivity contribution in [1.29, 1.82) is 0 Å². The van der Waals surface area contributed by atoms with Gasteiger partial charge in [-0.3, -0.25) is 38.9 Å². The zero-order valence-electron chi connectivity index (χ0n) is 22.5. The van der Waals surface area contributed by atoms with Crippen molar-refractivity contribution < 1.29 is 24.0 Å². The summed E-state index contributed by atoms with van der Waals surface area (Å²) in [6.45, 7) is 6.35. The Morgan fingerprint density at radius 2 is 1.79 bits per heavy atom. The van der Waals surface area contributed by atoms with Crippen LogP contribution < -0.4 is 16.0 Å². The van der Waals surface area contributed by atoms with Crippen LogP contribution in [0.5, 0.6) is 0 Å². The number of benzene rings is 1. The van der Waals surface area contributed by atoms with Crippen LogP contribution in [0.15, 0.2) is 30.6 Å². The maximum Gasteiger partial charge on any atom is 0.264 e. The van der Waals surface area contributed by atoms with Crippen LogP contribution in [0.2, 0.25) is 0 Å². The van der Waals surface area contributed by atoms with E-state index in [0.717, 1.165) is 36.1 Å². The molecule has 0 bridgehead atoms. The van der Waals surface area contributed by atoms with Crippen LogP contribution in [-0.4, -0.2) is 55.8 Å². The Morgan fingerprint density at radius 3 is 2.49 bits per heavy atom. The lowest BCUT2D eigenvalue weighted by Gasteiger charge is -2.30. The second-order valence-corrected chi connectivity index (χ2v) is 11.6. The van der Waals surface area contributed by atoms with Crippen molar-refractivity contribution in [3.8, 4) is 0 Å². The zero-order valence-corrected chi connectivity index (χ0v) is 22.5. The lowest BCUT2D eigenvalue weighted by molar-refractivity contribution is -0.136. The van der Waals surface area contributed by atoms with Gasteiger partial charge in [0, 0.05) is 41.9 Å². The van der Waals surface area contributed by atoms with E-state index in [2.05, 4.69) is 21.0 Å². The number of piperidine rings is 1. The quantitative estimate of drug-likeness (QED) is 0.484. The third-order valence-corrected chi connectivity index (χ3v) is 7.55. The van der Waals surface area contributed by atoms with E-state index in [4.69, 9.17) is 0 Å². The fourth-order valence-electron chi connectivity index (χ4n) is 5.60. The highest BCUT2D eigenvalue weighted by Crippen LogP contribution is 2.34. The molecule has 2 aliphatic heterocycles. The summed E-state index contributed by atoms with van der Waals surface area (Å²) in [5.41, 5.74) is 1.64. The zero-order chi connectivity index (χ0) is 27.9. The highest BCUT2D eigenvalue weighted by Gasteiger charge is 2.45. The van der Waals surface area contributed by atoms with Crippen molar-refractivity contribution in [2.24, 2.45) is 5.92 Å². The first kappa shape index (κ1) is 26.6. The van der Waals surface area contributed by atoms with Gasteiger partial charge in [-0.15, -0.1) is 0 Å². The van der Waals surface area contributed by atoms with Crippen molar-refractivity contribution in [3.05, 3.63) is 47.3 Å². The number of rotatable bonds is 6. The maximum absolute atomic E-state index is 13.3.